The van der Waals surface area contributed by atoms with E-state index in [1.807, 2.05) is 24.3 Å². The molecule has 1 aliphatic rings. The molecular formula is C60H80N8O14. The number of alkyl carbamates (subject to hydrolysis) is 2. The Morgan fingerprint density at radius 3 is 1.83 bits per heavy atom. The number of esters is 1. The molecule has 22 nitrogen and oxygen atoms in total. The third kappa shape index (κ3) is 18.4. The zero-order chi connectivity index (χ0) is 61.2. The quantitative estimate of drug-likeness (QED) is 0.0347. The fraction of sp³-hybridized carbons (Fsp3) is 0.500. The van der Waals surface area contributed by atoms with Gasteiger partial charge in [0, 0.05) is 36.7 Å². The average molecular weight is 1140 g/mol. The predicted octanol–water partition coefficient (Wildman–Crippen LogP) is 7.87. The molecule has 5 N–H and O–H groups in total. The summed E-state index contributed by atoms with van der Waals surface area (Å²) in [7, 11) is 2.49. The third-order valence-electron chi connectivity index (χ3n) is 12.5. The third-order valence-corrected chi connectivity index (χ3v) is 12.5. The molecule has 1 aliphatic heterocycles. The van der Waals surface area contributed by atoms with Crippen LogP contribution in [-0.2, 0) is 50.0 Å². The summed E-state index contributed by atoms with van der Waals surface area (Å²) in [6.07, 6.45) is -2.90. The number of aryl methyl sites for hydroxylation is 2. The smallest absolute Gasteiger partial charge is 0.491 e. The average Bonchev–Trinajstić information content (AvgIpc) is 3.41. The predicted molar refractivity (Wildman–Crippen MR) is 305 cm³/mol. The normalized spacial score (nSPS) is 16.1. The maximum absolute atomic E-state index is 15.3. The summed E-state index contributed by atoms with van der Waals surface area (Å²) >= 11 is 0. The van der Waals surface area contributed by atoms with Crippen molar-refractivity contribution in [3.05, 3.63) is 94.3 Å². The van der Waals surface area contributed by atoms with Gasteiger partial charge >= 0.3 is 24.3 Å². The van der Waals surface area contributed by atoms with Gasteiger partial charge in [0.1, 0.15) is 59.1 Å². The highest BCUT2D eigenvalue weighted by atomic mass is 16.7. The van der Waals surface area contributed by atoms with E-state index in [1.165, 1.54) is 38.2 Å². The topological polar surface area (TPSA) is 281 Å². The fourth-order valence-electron chi connectivity index (χ4n) is 8.61. The van der Waals surface area contributed by atoms with E-state index in [9.17, 15) is 28.8 Å². The first kappa shape index (κ1) is 64.5. The molecule has 0 radical (unpaired) electrons. The van der Waals surface area contributed by atoms with Gasteiger partial charge in [0.25, 0.3) is 5.91 Å². The number of rotatable bonds is 14. The van der Waals surface area contributed by atoms with Gasteiger partial charge in [-0.25, -0.2) is 29.1 Å². The number of nitrogens with zero attached hydrogens (tertiary/aromatic N) is 3. The van der Waals surface area contributed by atoms with Gasteiger partial charge in [-0.2, -0.15) is 0 Å². The zero-order valence-electron chi connectivity index (χ0n) is 50.2. The molecule has 4 atom stereocenters. The summed E-state index contributed by atoms with van der Waals surface area (Å²) in [5.41, 5.74) is 0.790. The van der Waals surface area contributed by atoms with Crippen LogP contribution in [0.2, 0.25) is 0 Å². The van der Waals surface area contributed by atoms with Crippen molar-refractivity contribution < 1.29 is 66.8 Å². The van der Waals surface area contributed by atoms with Gasteiger partial charge in [-0.15, -0.1) is 0 Å². The molecule has 0 saturated heterocycles. The molecule has 3 aromatic carbocycles. The first-order valence-electron chi connectivity index (χ1n) is 27.0. The Labute approximate surface area is 479 Å². The van der Waals surface area contributed by atoms with E-state index in [4.69, 9.17) is 38.4 Å². The van der Waals surface area contributed by atoms with Crippen molar-refractivity contribution in [2.45, 2.75) is 163 Å². The minimum absolute atomic E-state index is 0.0330. The number of hydrogen-bond acceptors (Lipinski definition) is 16. The lowest BCUT2D eigenvalue weighted by molar-refractivity contribution is -0.145. The van der Waals surface area contributed by atoms with Gasteiger partial charge in [0.05, 0.1) is 30.6 Å². The van der Waals surface area contributed by atoms with E-state index < -0.39 is 88.9 Å². The number of methoxy groups -OCH3 is 1. The van der Waals surface area contributed by atoms with Crippen LogP contribution in [0.1, 0.15) is 141 Å². The highest BCUT2D eigenvalue weighted by molar-refractivity contribution is 6.00. The largest absolute Gasteiger partial charge is 0.514 e. The van der Waals surface area contributed by atoms with Crippen LogP contribution in [0.25, 0.3) is 22.5 Å². The van der Waals surface area contributed by atoms with E-state index in [0.29, 0.717) is 22.8 Å². The second-order valence-corrected chi connectivity index (χ2v) is 24.0. The molecule has 0 fully saturated rings. The molecule has 6 amide bonds. The highest BCUT2D eigenvalue weighted by Crippen LogP contribution is 2.41. The Balaban J connectivity index is 1.67. The number of nitrogens with one attached hydrogen (secondary N) is 5. The first-order chi connectivity index (χ1) is 38.0. The second kappa shape index (κ2) is 26.5. The van der Waals surface area contributed by atoms with Gasteiger partial charge in [-0.05, 0) is 136 Å². The molecule has 0 aliphatic carbocycles. The van der Waals surface area contributed by atoms with Crippen molar-refractivity contribution in [2.24, 2.45) is 0 Å². The number of ether oxygens (including phenoxy) is 6. The van der Waals surface area contributed by atoms with E-state index >= 15 is 9.59 Å². The van der Waals surface area contributed by atoms with E-state index in [1.54, 1.807) is 88.3 Å². The second-order valence-electron chi connectivity index (χ2n) is 24.0. The molecule has 0 saturated carbocycles. The number of amides is 6. The SMILES string of the molecule is COC(=O)[C@@H]1Cc2ccc(OC(=O)OC(C)(C)C)c(c2)-c2cc(ccc2OCCNC(=O)OC(C)(C)C)[C@H](N(C)C(=O)[C@H](CCNC(=O)OC(C)(C)C)NC(=O)c2c(C)nc(-c3ccc(C(C)(C)C)cc3)nc2C)C(=O)N[C@@H](C)C(=O)N1. The minimum Gasteiger partial charge on any atom is -0.491 e. The van der Waals surface area contributed by atoms with Crippen molar-refractivity contribution >= 4 is 47.9 Å². The van der Waals surface area contributed by atoms with Crippen LogP contribution in [-0.4, -0.2) is 132 Å². The Morgan fingerprint density at radius 2 is 1.27 bits per heavy atom. The van der Waals surface area contributed by atoms with Crippen molar-refractivity contribution in [3.63, 3.8) is 0 Å². The standard InChI is InChI=1S/C60H80N8O14/c1-33-46(34(2)64-48(63-33)37-19-22-39(23-20-37)57(4,5)6)50(70)66-42(26-27-61-54(74)80-58(7,8)9)52(72)68(16)47-38-21-25-44(78-29-28-62-55(75)81-59(10,11)12)41(32-38)40-30-36(18-24-45(40)79-56(76)82-60(13,14)15)31-43(53(73)77-17)67-49(69)35(3)65-51(47)71/h18-25,30,32,35,42-43,47H,26-29,31H2,1-17H3,(H,61,74)(H,62,75)(H,65,71)(H,66,70)(H,67,69)/t35-,42-,43-,47-/m0/s1. The molecule has 0 spiro atoms. The lowest BCUT2D eigenvalue weighted by Gasteiger charge is -2.33. The number of benzene rings is 3. The molecule has 5 rings (SSSR count). The van der Waals surface area contributed by atoms with Crippen LogP contribution in [0.3, 0.4) is 0 Å². The molecule has 4 bridgehead atoms. The number of carbonyl (C=O) groups excluding carboxylic acids is 8. The molecule has 444 valence electrons. The summed E-state index contributed by atoms with van der Waals surface area (Å²) < 4.78 is 33.6. The molecule has 0 unspecified atom stereocenters. The van der Waals surface area contributed by atoms with E-state index in [0.717, 1.165) is 23.1 Å². The number of fused-ring (bicyclic) bond motifs is 5. The van der Waals surface area contributed by atoms with Crippen LogP contribution in [0.15, 0.2) is 60.7 Å². The van der Waals surface area contributed by atoms with Gasteiger partial charge in [0.2, 0.25) is 17.7 Å². The number of hydrogen-bond donors (Lipinski definition) is 5. The maximum Gasteiger partial charge on any atom is 0.514 e. The van der Waals surface area contributed by atoms with Crippen molar-refractivity contribution in [2.75, 3.05) is 33.9 Å². The van der Waals surface area contributed by atoms with Gasteiger partial charge < -0.3 is 59.9 Å². The molecule has 1 aromatic heterocycles. The van der Waals surface area contributed by atoms with Crippen molar-refractivity contribution in [1.29, 1.82) is 0 Å². The van der Waals surface area contributed by atoms with Crippen LogP contribution in [0.4, 0.5) is 14.4 Å². The van der Waals surface area contributed by atoms with Crippen LogP contribution < -0.4 is 36.1 Å². The van der Waals surface area contributed by atoms with Gasteiger partial charge in [0.15, 0.2) is 5.82 Å². The number of likely N-dealkylation sites (N-methyl/N-ethyl adjacent to an activating group) is 1. The monoisotopic (exact) mass is 1140 g/mol. The highest BCUT2D eigenvalue weighted by Gasteiger charge is 2.37. The molecule has 22 heteroatoms. The van der Waals surface area contributed by atoms with E-state index in [-0.39, 0.29) is 71.7 Å². The molecular weight excluding hydrogens is 1060 g/mol. The first-order valence-corrected chi connectivity index (χ1v) is 27.0. The Kier molecular flexibility index (Phi) is 20.9. The lowest BCUT2D eigenvalue weighted by Crippen LogP contribution is -2.55. The van der Waals surface area contributed by atoms with E-state index in [2.05, 4.69) is 47.4 Å². The minimum atomic E-state index is -1.61. The van der Waals surface area contributed by atoms with Crippen LogP contribution in [0.5, 0.6) is 11.5 Å². The Bertz CT molecular complexity index is 3000. The number of carbonyl (C=O) groups is 8. The Morgan fingerprint density at radius 1 is 0.707 bits per heavy atom. The molecule has 2 heterocycles. The van der Waals surface area contributed by atoms with Crippen LogP contribution >= 0.6 is 0 Å². The summed E-state index contributed by atoms with van der Waals surface area (Å²) in [6.45, 7) is 25.8. The van der Waals surface area contributed by atoms with Gasteiger partial charge in [-0.1, -0.05) is 57.2 Å². The van der Waals surface area contributed by atoms with Gasteiger partial charge in [-0.3, -0.25) is 19.2 Å². The summed E-state index contributed by atoms with van der Waals surface area (Å²) in [5, 5.41) is 13.5. The summed E-state index contributed by atoms with van der Waals surface area (Å²) in [5.74, 6) is -3.54. The Hall–Kier alpha value is -8.30. The maximum atomic E-state index is 15.3. The summed E-state index contributed by atoms with van der Waals surface area (Å²) in [6, 6.07) is 11.3. The summed E-state index contributed by atoms with van der Waals surface area (Å²) in [4.78, 5) is 122. The number of aromatic nitrogens is 2. The fourth-order valence-corrected chi connectivity index (χ4v) is 8.61. The van der Waals surface area contributed by atoms with Crippen LogP contribution in [0, 0.1) is 13.8 Å². The lowest BCUT2D eigenvalue weighted by atomic mass is 9.86. The molecule has 82 heavy (non-hydrogen) atoms. The zero-order valence-corrected chi connectivity index (χ0v) is 50.2. The van der Waals surface area contributed by atoms with Crippen molar-refractivity contribution in [1.82, 2.24) is 41.5 Å². The molecule has 4 aromatic rings. The van der Waals surface area contributed by atoms with Crippen molar-refractivity contribution in [3.8, 4) is 34.0 Å².